The Hall–Kier alpha value is -0.340. The molecule has 0 aliphatic heterocycles. The van der Waals surface area contributed by atoms with Crippen molar-refractivity contribution in [2.24, 2.45) is 0 Å². The molecule has 0 bridgehead atoms. The molecule has 0 amide bonds. The first-order valence-corrected chi connectivity index (χ1v) is 8.25. The van der Waals surface area contributed by atoms with Gasteiger partial charge in [0.2, 0.25) is 10.0 Å². The van der Waals surface area contributed by atoms with Gasteiger partial charge in [0.1, 0.15) is 0 Å². The first kappa shape index (κ1) is 16.7. The molecule has 1 aromatic carbocycles. The average Bonchev–Trinajstić information content (AvgIpc) is 2.29. The van der Waals surface area contributed by atoms with Crippen LogP contribution in [0, 0.1) is 0 Å². The number of ether oxygens (including phenoxy) is 1. The molecule has 5 nitrogen and oxygen atoms in total. The van der Waals surface area contributed by atoms with Crippen LogP contribution in [0.1, 0.15) is 13.8 Å². The van der Waals surface area contributed by atoms with Gasteiger partial charge in [-0.15, -0.1) is 0 Å². The van der Waals surface area contributed by atoms with Gasteiger partial charge in [0.25, 0.3) is 0 Å². The topological polar surface area (TPSA) is 81.4 Å². The zero-order chi connectivity index (χ0) is 14.6. The summed E-state index contributed by atoms with van der Waals surface area (Å²) in [6.45, 7) is 4.23. The summed E-state index contributed by atoms with van der Waals surface area (Å²) in [6.07, 6.45) is 0.0538. The molecular formula is C11H16BrClN2O3S. The zero-order valence-corrected chi connectivity index (χ0v) is 13.8. The molecule has 0 aliphatic carbocycles. The summed E-state index contributed by atoms with van der Waals surface area (Å²) >= 11 is 8.96. The van der Waals surface area contributed by atoms with Crippen molar-refractivity contribution in [2.75, 3.05) is 18.9 Å². The van der Waals surface area contributed by atoms with Crippen LogP contribution in [0.5, 0.6) is 0 Å². The van der Waals surface area contributed by atoms with Gasteiger partial charge < -0.3 is 10.5 Å². The van der Waals surface area contributed by atoms with E-state index in [1.54, 1.807) is 0 Å². The fourth-order valence-corrected chi connectivity index (χ4v) is 3.63. The smallest absolute Gasteiger partial charge is 0.241 e. The Balaban J connectivity index is 2.83. The second-order valence-electron chi connectivity index (χ2n) is 4.12. The quantitative estimate of drug-likeness (QED) is 0.594. The number of benzene rings is 1. The predicted molar refractivity (Wildman–Crippen MR) is 79.8 cm³/mol. The zero-order valence-electron chi connectivity index (χ0n) is 10.6. The first-order chi connectivity index (χ1) is 8.74. The van der Waals surface area contributed by atoms with Gasteiger partial charge in [0, 0.05) is 17.3 Å². The SMILES string of the molecule is CC(C)OCCNS(=O)(=O)c1cc(Cl)cc(N)c1Br. The lowest BCUT2D eigenvalue weighted by atomic mass is 10.3. The second kappa shape index (κ2) is 6.90. The number of nitrogens with two attached hydrogens (primary N) is 1. The van der Waals surface area contributed by atoms with E-state index < -0.39 is 10.0 Å². The van der Waals surface area contributed by atoms with Crippen molar-refractivity contribution < 1.29 is 13.2 Å². The summed E-state index contributed by atoms with van der Waals surface area (Å²) in [5.41, 5.74) is 5.93. The Morgan fingerprint density at radius 1 is 1.47 bits per heavy atom. The molecule has 0 fully saturated rings. The molecule has 8 heteroatoms. The summed E-state index contributed by atoms with van der Waals surface area (Å²) in [5.74, 6) is 0. The van der Waals surface area contributed by atoms with Crippen molar-refractivity contribution >= 4 is 43.2 Å². The van der Waals surface area contributed by atoms with E-state index in [9.17, 15) is 8.42 Å². The molecule has 0 spiro atoms. The van der Waals surface area contributed by atoms with Crippen LogP contribution in [0.4, 0.5) is 5.69 Å². The fourth-order valence-electron chi connectivity index (χ4n) is 1.33. The van der Waals surface area contributed by atoms with Crippen LogP contribution in [0.3, 0.4) is 0 Å². The van der Waals surface area contributed by atoms with E-state index in [1.807, 2.05) is 13.8 Å². The van der Waals surface area contributed by atoms with Crippen LogP contribution in [0.15, 0.2) is 21.5 Å². The van der Waals surface area contributed by atoms with Crippen LogP contribution < -0.4 is 10.5 Å². The monoisotopic (exact) mass is 370 g/mol. The average molecular weight is 372 g/mol. The van der Waals surface area contributed by atoms with Crippen LogP contribution in [-0.4, -0.2) is 27.7 Å². The van der Waals surface area contributed by atoms with Crippen LogP contribution in [-0.2, 0) is 14.8 Å². The molecular weight excluding hydrogens is 356 g/mol. The Kier molecular flexibility index (Phi) is 6.07. The third-order valence-corrected chi connectivity index (χ3v) is 5.02. The number of nitrogen functional groups attached to an aromatic ring is 1. The van der Waals surface area contributed by atoms with Crippen LogP contribution in [0.2, 0.25) is 5.02 Å². The second-order valence-corrected chi connectivity index (χ2v) is 7.09. The van der Waals surface area contributed by atoms with Crippen LogP contribution >= 0.6 is 27.5 Å². The normalized spacial score (nSPS) is 12.1. The molecule has 0 saturated heterocycles. The van der Waals surface area contributed by atoms with Gasteiger partial charge >= 0.3 is 0 Å². The maximum atomic E-state index is 12.1. The molecule has 0 atom stereocenters. The van der Waals surface area contributed by atoms with Gasteiger partial charge in [0.05, 0.1) is 22.1 Å². The Morgan fingerprint density at radius 3 is 2.68 bits per heavy atom. The minimum atomic E-state index is -3.68. The molecule has 108 valence electrons. The van der Waals surface area contributed by atoms with Gasteiger partial charge in [-0.2, -0.15) is 0 Å². The summed E-state index contributed by atoms with van der Waals surface area (Å²) in [7, 11) is -3.68. The highest BCUT2D eigenvalue weighted by atomic mass is 79.9. The lowest BCUT2D eigenvalue weighted by Gasteiger charge is -2.11. The van der Waals surface area contributed by atoms with E-state index in [4.69, 9.17) is 22.1 Å². The van der Waals surface area contributed by atoms with Gasteiger partial charge in [-0.05, 0) is 41.9 Å². The van der Waals surface area contributed by atoms with Gasteiger partial charge in [0.15, 0.2) is 0 Å². The summed E-state index contributed by atoms with van der Waals surface area (Å²) in [4.78, 5) is 0.0158. The van der Waals surface area contributed by atoms with E-state index in [0.29, 0.717) is 11.1 Å². The highest BCUT2D eigenvalue weighted by Crippen LogP contribution is 2.31. The number of nitrogens with one attached hydrogen (secondary N) is 1. The van der Waals surface area contributed by atoms with E-state index in [2.05, 4.69) is 20.7 Å². The van der Waals surface area contributed by atoms with Crippen molar-refractivity contribution in [2.45, 2.75) is 24.8 Å². The molecule has 1 rings (SSSR count). The number of halogens is 2. The first-order valence-electron chi connectivity index (χ1n) is 5.60. The summed E-state index contributed by atoms with van der Waals surface area (Å²) in [5, 5.41) is 0.263. The van der Waals surface area contributed by atoms with E-state index in [0.717, 1.165) is 0 Å². The van der Waals surface area contributed by atoms with Gasteiger partial charge in [-0.1, -0.05) is 11.6 Å². The van der Waals surface area contributed by atoms with E-state index >= 15 is 0 Å². The molecule has 0 saturated carbocycles. The predicted octanol–water partition coefficient (Wildman–Crippen LogP) is 2.39. The molecule has 0 unspecified atom stereocenters. The minimum Gasteiger partial charge on any atom is -0.398 e. The van der Waals surface area contributed by atoms with Crippen molar-refractivity contribution in [1.29, 1.82) is 0 Å². The van der Waals surface area contributed by atoms with Crippen molar-refractivity contribution in [3.63, 3.8) is 0 Å². The number of anilines is 1. The van der Waals surface area contributed by atoms with Crippen LogP contribution in [0.25, 0.3) is 0 Å². The number of rotatable bonds is 6. The maximum Gasteiger partial charge on any atom is 0.241 e. The third-order valence-electron chi connectivity index (χ3n) is 2.17. The van der Waals surface area contributed by atoms with Crippen molar-refractivity contribution in [3.8, 4) is 0 Å². The lowest BCUT2D eigenvalue weighted by Crippen LogP contribution is -2.28. The number of sulfonamides is 1. The fraction of sp³-hybridized carbons (Fsp3) is 0.455. The van der Waals surface area contributed by atoms with Gasteiger partial charge in [-0.25, -0.2) is 13.1 Å². The van der Waals surface area contributed by atoms with Crippen molar-refractivity contribution in [1.82, 2.24) is 4.72 Å². The Morgan fingerprint density at radius 2 is 2.11 bits per heavy atom. The molecule has 19 heavy (non-hydrogen) atoms. The Bertz CT molecular complexity index is 549. The lowest BCUT2D eigenvalue weighted by molar-refractivity contribution is 0.0834. The largest absolute Gasteiger partial charge is 0.398 e. The molecule has 0 aliphatic rings. The van der Waals surface area contributed by atoms with Gasteiger partial charge in [-0.3, -0.25) is 0 Å². The molecule has 0 aromatic heterocycles. The van der Waals surface area contributed by atoms with Crippen molar-refractivity contribution in [3.05, 3.63) is 21.6 Å². The highest BCUT2D eigenvalue weighted by molar-refractivity contribution is 9.10. The van der Waals surface area contributed by atoms with E-state index in [-0.39, 0.29) is 28.3 Å². The molecule has 0 radical (unpaired) electrons. The molecule has 0 heterocycles. The van der Waals surface area contributed by atoms with E-state index in [1.165, 1.54) is 12.1 Å². The highest BCUT2D eigenvalue weighted by Gasteiger charge is 2.19. The molecule has 3 N–H and O–H groups in total. The molecule has 1 aromatic rings. The number of hydrogen-bond donors (Lipinski definition) is 2. The standard InChI is InChI=1S/C11H16BrClN2O3S/c1-7(2)18-4-3-15-19(16,17)10-6-8(13)5-9(14)11(10)12/h5-7,15H,3-4,14H2,1-2H3. The maximum absolute atomic E-state index is 12.1. The number of hydrogen-bond acceptors (Lipinski definition) is 4. The minimum absolute atomic E-state index is 0.0158. The summed E-state index contributed by atoms with van der Waals surface area (Å²) < 4.78 is 32.2. The Labute approximate surface area is 126 Å². The third kappa shape index (κ3) is 4.92. The summed E-state index contributed by atoms with van der Waals surface area (Å²) in [6, 6.07) is 2.82.